The van der Waals surface area contributed by atoms with Crippen molar-refractivity contribution >= 4 is 15.9 Å². The molecule has 0 radical (unpaired) electrons. The van der Waals surface area contributed by atoms with Gasteiger partial charge in [0.25, 0.3) is 0 Å². The molecule has 2 aromatic carbocycles. The minimum Gasteiger partial charge on any atom is -0.314 e. The molecule has 0 saturated heterocycles. The van der Waals surface area contributed by atoms with Crippen LogP contribution in [0.15, 0.2) is 59.1 Å². The first kappa shape index (κ1) is 16.3. The molecular weight excluding hydrogens is 322 g/mol. The molecule has 1 atom stereocenters. The van der Waals surface area contributed by atoms with Crippen molar-refractivity contribution in [3.05, 3.63) is 70.2 Å². The lowest BCUT2D eigenvalue weighted by Gasteiger charge is -2.20. The van der Waals surface area contributed by atoms with E-state index < -0.39 is 0 Å². The van der Waals surface area contributed by atoms with Gasteiger partial charge in [-0.3, -0.25) is 0 Å². The molecule has 0 aliphatic carbocycles. The summed E-state index contributed by atoms with van der Waals surface area (Å²) in [5, 5.41) is 3.59. The van der Waals surface area contributed by atoms with E-state index in [2.05, 4.69) is 89.7 Å². The van der Waals surface area contributed by atoms with E-state index in [0.29, 0.717) is 12.0 Å². The summed E-state index contributed by atoms with van der Waals surface area (Å²) in [7, 11) is 0. The molecule has 2 aromatic rings. The van der Waals surface area contributed by atoms with Crippen molar-refractivity contribution in [2.45, 2.75) is 32.7 Å². The van der Waals surface area contributed by atoms with Crippen molar-refractivity contribution in [1.82, 2.24) is 5.32 Å². The molecule has 0 saturated carbocycles. The lowest BCUT2D eigenvalue weighted by atomic mass is 9.92. The fraction of sp³-hybridized carbons (Fsp3) is 0.368. The van der Waals surface area contributed by atoms with Crippen LogP contribution in [-0.4, -0.2) is 12.6 Å². The monoisotopic (exact) mass is 345 g/mol. The number of benzene rings is 2. The van der Waals surface area contributed by atoms with Gasteiger partial charge in [0.15, 0.2) is 0 Å². The minimum absolute atomic E-state index is 0.533. The number of rotatable bonds is 7. The first-order chi connectivity index (χ1) is 10.1. The van der Waals surface area contributed by atoms with Crippen molar-refractivity contribution < 1.29 is 0 Å². The highest BCUT2D eigenvalue weighted by atomic mass is 79.9. The molecular formula is C19H24BrN. The van der Waals surface area contributed by atoms with Crippen molar-refractivity contribution in [2.75, 3.05) is 6.54 Å². The average molecular weight is 346 g/mol. The summed E-state index contributed by atoms with van der Waals surface area (Å²) < 4.78 is 1.16. The predicted octanol–water partition coefficient (Wildman–Crippen LogP) is 4.85. The number of halogens is 1. The summed E-state index contributed by atoms with van der Waals surface area (Å²) in [4.78, 5) is 0. The third-order valence-corrected chi connectivity index (χ3v) is 4.09. The van der Waals surface area contributed by atoms with Gasteiger partial charge < -0.3 is 5.32 Å². The van der Waals surface area contributed by atoms with Gasteiger partial charge in [0.2, 0.25) is 0 Å². The Kier molecular flexibility index (Phi) is 6.47. The fourth-order valence-electron chi connectivity index (χ4n) is 2.56. The fourth-order valence-corrected chi connectivity index (χ4v) is 3.01. The molecule has 1 nitrogen and oxygen atoms in total. The van der Waals surface area contributed by atoms with Gasteiger partial charge >= 0.3 is 0 Å². The third-order valence-electron chi connectivity index (χ3n) is 3.60. The Morgan fingerprint density at radius 1 is 0.905 bits per heavy atom. The van der Waals surface area contributed by atoms with Crippen molar-refractivity contribution in [3.8, 4) is 0 Å². The summed E-state index contributed by atoms with van der Waals surface area (Å²) in [6, 6.07) is 20.0. The maximum absolute atomic E-state index is 3.59. The number of hydrogen-bond donors (Lipinski definition) is 1. The zero-order valence-electron chi connectivity index (χ0n) is 12.9. The molecule has 0 fully saturated rings. The van der Waals surface area contributed by atoms with E-state index in [1.165, 1.54) is 11.1 Å². The highest BCUT2D eigenvalue weighted by Gasteiger charge is 2.11. The van der Waals surface area contributed by atoms with Crippen LogP contribution < -0.4 is 5.32 Å². The zero-order chi connectivity index (χ0) is 15.1. The van der Waals surface area contributed by atoms with Crippen LogP contribution >= 0.6 is 15.9 Å². The van der Waals surface area contributed by atoms with Crippen molar-refractivity contribution in [1.29, 1.82) is 0 Å². The molecule has 0 aliphatic heterocycles. The van der Waals surface area contributed by atoms with Gasteiger partial charge in [-0.15, -0.1) is 0 Å². The predicted molar refractivity (Wildman–Crippen MR) is 94.6 cm³/mol. The smallest absolute Gasteiger partial charge is 0.0177 e. The summed E-state index contributed by atoms with van der Waals surface area (Å²) in [5.41, 5.74) is 2.82. The minimum atomic E-state index is 0.533. The summed E-state index contributed by atoms with van der Waals surface area (Å²) in [6.45, 7) is 5.47. The highest BCUT2D eigenvalue weighted by molar-refractivity contribution is 9.10. The first-order valence-electron chi connectivity index (χ1n) is 7.65. The molecule has 0 bridgehead atoms. The molecule has 0 spiro atoms. The van der Waals surface area contributed by atoms with E-state index in [1.807, 2.05) is 0 Å². The van der Waals surface area contributed by atoms with Crippen LogP contribution in [0.3, 0.4) is 0 Å². The molecule has 112 valence electrons. The van der Waals surface area contributed by atoms with Crippen molar-refractivity contribution in [3.63, 3.8) is 0 Å². The van der Waals surface area contributed by atoms with E-state index in [0.717, 1.165) is 23.9 Å². The molecule has 1 unspecified atom stereocenters. The summed E-state index contributed by atoms with van der Waals surface area (Å²) in [6.07, 6.45) is 2.22. The van der Waals surface area contributed by atoms with E-state index in [4.69, 9.17) is 0 Å². The van der Waals surface area contributed by atoms with Crippen LogP contribution in [0.25, 0.3) is 0 Å². The van der Waals surface area contributed by atoms with Gasteiger partial charge in [-0.25, -0.2) is 0 Å². The first-order valence-corrected chi connectivity index (χ1v) is 8.44. The van der Waals surface area contributed by atoms with E-state index in [9.17, 15) is 0 Å². The topological polar surface area (TPSA) is 12.0 Å². The molecule has 0 amide bonds. The second-order valence-electron chi connectivity index (χ2n) is 5.95. The van der Waals surface area contributed by atoms with E-state index >= 15 is 0 Å². The summed E-state index contributed by atoms with van der Waals surface area (Å²) >= 11 is 3.57. The van der Waals surface area contributed by atoms with E-state index in [-0.39, 0.29) is 0 Å². The molecule has 0 aliphatic rings. The molecule has 2 heteroatoms. The molecule has 21 heavy (non-hydrogen) atoms. The van der Waals surface area contributed by atoms with Crippen LogP contribution in [0, 0.1) is 5.92 Å². The van der Waals surface area contributed by atoms with E-state index in [1.54, 1.807) is 0 Å². The number of nitrogens with one attached hydrogen (secondary N) is 1. The number of hydrogen-bond acceptors (Lipinski definition) is 1. The Balaban J connectivity index is 2.04. The van der Waals surface area contributed by atoms with Gasteiger partial charge in [0, 0.05) is 10.5 Å². The van der Waals surface area contributed by atoms with Gasteiger partial charge in [0.05, 0.1) is 0 Å². The molecule has 0 heterocycles. The third kappa shape index (κ3) is 6.03. The Labute approximate surface area is 136 Å². The SMILES string of the molecule is CC(C)NCC(Cc1ccccc1)Cc1cccc(Br)c1. The lowest BCUT2D eigenvalue weighted by Crippen LogP contribution is -2.31. The normalized spacial score (nSPS) is 12.6. The van der Waals surface area contributed by atoms with Crippen LogP contribution in [0.5, 0.6) is 0 Å². The maximum Gasteiger partial charge on any atom is 0.0177 e. The average Bonchev–Trinajstić information content (AvgIpc) is 2.46. The summed E-state index contributed by atoms with van der Waals surface area (Å²) in [5.74, 6) is 0.615. The van der Waals surface area contributed by atoms with Crippen molar-refractivity contribution in [2.24, 2.45) is 5.92 Å². The Morgan fingerprint density at radius 2 is 1.57 bits per heavy atom. The van der Waals surface area contributed by atoms with Crippen LogP contribution in [-0.2, 0) is 12.8 Å². The van der Waals surface area contributed by atoms with Gasteiger partial charge in [-0.05, 0) is 48.6 Å². The lowest BCUT2D eigenvalue weighted by molar-refractivity contribution is 0.444. The highest BCUT2D eigenvalue weighted by Crippen LogP contribution is 2.18. The second-order valence-corrected chi connectivity index (χ2v) is 6.87. The zero-order valence-corrected chi connectivity index (χ0v) is 14.4. The Morgan fingerprint density at radius 3 is 2.24 bits per heavy atom. The Bertz CT molecular complexity index is 536. The Hall–Kier alpha value is -1.12. The molecule has 2 rings (SSSR count). The largest absolute Gasteiger partial charge is 0.314 e. The van der Waals surface area contributed by atoms with Gasteiger partial charge in [0.1, 0.15) is 0 Å². The van der Waals surface area contributed by atoms with Gasteiger partial charge in [-0.2, -0.15) is 0 Å². The standard InChI is InChI=1S/C19H24BrN/c1-15(2)21-14-18(11-16-7-4-3-5-8-16)12-17-9-6-10-19(20)13-17/h3-10,13,15,18,21H,11-12,14H2,1-2H3. The van der Waals surface area contributed by atoms with Crippen LogP contribution in [0.4, 0.5) is 0 Å². The maximum atomic E-state index is 3.59. The van der Waals surface area contributed by atoms with Gasteiger partial charge in [-0.1, -0.05) is 72.2 Å². The second kappa shape index (κ2) is 8.35. The van der Waals surface area contributed by atoms with Crippen LogP contribution in [0.1, 0.15) is 25.0 Å². The molecule has 1 N–H and O–H groups in total. The molecule has 0 aromatic heterocycles. The van der Waals surface area contributed by atoms with Crippen LogP contribution in [0.2, 0.25) is 0 Å². The quantitative estimate of drug-likeness (QED) is 0.756.